The molecule has 2 aliphatic heterocycles. The van der Waals surface area contributed by atoms with Crippen LogP contribution in [-0.4, -0.2) is 64.0 Å². The van der Waals surface area contributed by atoms with Gasteiger partial charge in [0.05, 0.1) is 35.2 Å². The number of nitrogens with zero attached hydrogens (tertiary/aromatic N) is 5. The van der Waals surface area contributed by atoms with Gasteiger partial charge < -0.3 is 24.8 Å². The Kier molecular flexibility index (Phi) is 8.08. The van der Waals surface area contributed by atoms with Crippen molar-refractivity contribution in [2.45, 2.75) is 45.5 Å². The van der Waals surface area contributed by atoms with E-state index in [0.717, 1.165) is 5.57 Å². The molecule has 0 bridgehead atoms. The number of fused-ring (bicyclic) bond motifs is 1. The van der Waals surface area contributed by atoms with Gasteiger partial charge in [0.25, 0.3) is 5.56 Å². The zero-order chi connectivity index (χ0) is 29.5. The van der Waals surface area contributed by atoms with Gasteiger partial charge in [0, 0.05) is 25.7 Å². The Morgan fingerprint density at radius 3 is 2.76 bits per heavy atom. The molecule has 10 nitrogen and oxygen atoms in total. The summed E-state index contributed by atoms with van der Waals surface area (Å²) in [5.74, 6) is -1.82. The van der Waals surface area contributed by atoms with E-state index in [0.29, 0.717) is 75.0 Å². The predicted octanol–water partition coefficient (Wildman–Crippen LogP) is 3.51. The number of benzene rings is 1. The van der Waals surface area contributed by atoms with E-state index in [2.05, 4.69) is 20.7 Å². The fraction of sp³-hybridized carbons (Fsp3) is 0.462. The third-order valence-corrected chi connectivity index (χ3v) is 7.35. The van der Waals surface area contributed by atoms with Crippen molar-refractivity contribution in [1.82, 2.24) is 24.5 Å². The first-order valence-corrected chi connectivity index (χ1v) is 13.5. The van der Waals surface area contributed by atoms with E-state index >= 15 is 0 Å². The number of aromatic nitrogens is 4. The normalized spacial score (nSPS) is 18.1. The molecule has 1 saturated heterocycles. The van der Waals surface area contributed by atoms with Gasteiger partial charge in [-0.3, -0.25) is 9.59 Å². The van der Waals surface area contributed by atoms with Crippen molar-refractivity contribution in [3.05, 3.63) is 56.5 Å². The number of anilines is 2. The number of halogens is 5. The molecule has 0 unspecified atom stereocenters. The number of piperazine rings is 1. The molecule has 1 atom stereocenters. The largest absolute Gasteiger partial charge is 0.419 e. The number of hydrogen-bond acceptors (Lipinski definition) is 7. The average molecular weight is 598 g/mol. The van der Waals surface area contributed by atoms with Crippen LogP contribution >= 0.6 is 11.6 Å². The van der Waals surface area contributed by atoms with E-state index in [9.17, 15) is 27.2 Å². The number of hydrogen-bond donors (Lipinski definition) is 2. The Morgan fingerprint density at radius 2 is 2.10 bits per heavy atom. The lowest BCUT2D eigenvalue weighted by atomic mass is 10.1. The molecule has 0 spiro atoms. The second-order valence-electron chi connectivity index (χ2n) is 9.90. The van der Waals surface area contributed by atoms with Crippen LogP contribution in [0.25, 0.3) is 11.4 Å². The highest BCUT2D eigenvalue weighted by Gasteiger charge is 2.35. The van der Waals surface area contributed by atoms with Gasteiger partial charge in [0.15, 0.2) is 5.82 Å². The summed E-state index contributed by atoms with van der Waals surface area (Å²) in [4.78, 5) is 33.6. The van der Waals surface area contributed by atoms with E-state index in [1.807, 2.05) is 24.8 Å². The van der Waals surface area contributed by atoms with Crippen LogP contribution in [0.3, 0.4) is 0 Å². The molecule has 1 amide bonds. The third kappa shape index (κ3) is 5.81. The molecule has 41 heavy (non-hydrogen) atoms. The molecule has 5 rings (SSSR count). The molecule has 0 radical (unpaired) electrons. The lowest BCUT2D eigenvalue weighted by Gasteiger charge is -2.34. The summed E-state index contributed by atoms with van der Waals surface area (Å²) in [6.45, 7) is 6.06. The third-order valence-electron chi connectivity index (χ3n) is 7.03. The molecule has 1 aromatic carbocycles. The Hall–Kier alpha value is -3.49. The maximum Gasteiger partial charge on any atom is 0.419 e. The van der Waals surface area contributed by atoms with Crippen LogP contribution in [-0.2, 0) is 28.7 Å². The summed E-state index contributed by atoms with van der Waals surface area (Å²) in [5.41, 5.74) is -0.500. The second kappa shape index (κ2) is 11.4. The number of amides is 1. The van der Waals surface area contributed by atoms with Crippen molar-refractivity contribution in [3.63, 3.8) is 0 Å². The number of alkyl halides is 3. The lowest BCUT2D eigenvalue weighted by molar-refractivity contribution is -0.139. The highest BCUT2D eigenvalue weighted by molar-refractivity contribution is 6.33. The molecule has 15 heteroatoms. The van der Waals surface area contributed by atoms with Crippen LogP contribution in [0.2, 0.25) is 5.02 Å². The fourth-order valence-corrected chi connectivity index (χ4v) is 5.34. The molecule has 2 aromatic heterocycles. The molecule has 220 valence electrons. The first-order chi connectivity index (χ1) is 19.5. The Labute approximate surface area is 236 Å². The van der Waals surface area contributed by atoms with Crippen molar-refractivity contribution in [2.24, 2.45) is 0 Å². The molecule has 0 saturated carbocycles. The van der Waals surface area contributed by atoms with E-state index in [4.69, 9.17) is 16.3 Å². The second-order valence-corrected chi connectivity index (χ2v) is 10.3. The Balaban J connectivity index is 1.58. The van der Waals surface area contributed by atoms with Gasteiger partial charge in [0.2, 0.25) is 11.7 Å². The monoisotopic (exact) mass is 597 g/mol. The first-order valence-electron chi connectivity index (χ1n) is 13.1. The smallest absolute Gasteiger partial charge is 0.377 e. The van der Waals surface area contributed by atoms with Crippen LogP contribution in [0.5, 0.6) is 0 Å². The maximum absolute atomic E-state index is 14.2. The molecular weight excluding hydrogens is 570 g/mol. The Morgan fingerprint density at radius 1 is 1.32 bits per heavy atom. The SMILES string of the molecule is CCc1c(N2CCN[C@H](C)C2)c(=O)n2nc(C3=CCOCC3)nc2n1CC(=O)Nc1cc(F)c(C(F)(F)F)cc1Cl. The van der Waals surface area contributed by atoms with Crippen molar-refractivity contribution >= 4 is 40.2 Å². The molecule has 0 aliphatic carbocycles. The summed E-state index contributed by atoms with van der Waals surface area (Å²) in [6.07, 6.45) is -2.20. The van der Waals surface area contributed by atoms with E-state index in [1.54, 1.807) is 4.57 Å². The van der Waals surface area contributed by atoms with Gasteiger partial charge in [-0.15, -0.1) is 5.10 Å². The maximum atomic E-state index is 14.2. The van der Waals surface area contributed by atoms with Gasteiger partial charge in [-0.25, -0.2) is 4.39 Å². The molecule has 3 aromatic rings. The fourth-order valence-electron chi connectivity index (χ4n) is 5.12. The lowest BCUT2D eigenvalue weighted by Crippen LogP contribution is -2.51. The van der Waals surface area contributed by atoms with Gasteiger partial charge in [-0.2, -0.15) is 22.7 Å². The van der Waals surface area contributed by atoms with Crippen molar-refractivity contribution < 1.29 is 27.1 Å². The van der Waals surface area contributed by atoms with Crippen LogP contribution in [0.4, 0.5) is 28.9 Å². The number of nitrogens with one attached hydrogen (secondary N) is 2. The van der Waals surface area contributed by atoms with Gasteiger partial charge in [-0.1, -0.05) is 24.6 Å². The molecule has 2 aliphatic rings. The van der Waals surface area contributed by atoms with Crippen LogP contribution < -0.4 is 21.1 Å². The summed E-state index contributed by atoms with van der Waals surface area (Å²) in [6, 6.07) is 1.07. The molecule has 2 N–H and O–H groups in total. The minimum Gasteiger partial charge on any atom is -0.377 e. The minimum absolute atomic E-state index is 0.107. The number of carbonyl (C=O) groups excluding carboxylic acids is 1. The number of rotatable bonds is 6. The van der Waals surface area contributed by atoms with Crippen LogP contribution in [0, 0.1) is 5.82 Å². The average Bonchev–Trinajstić information content (AvgIpc) is 3.38. The van der Waals surface area contributed by atoms with Crippen LogP contribution in [0.1, 0.15) is 37.4 Å². The standard InChI is InChI=1S/C26H28ClF4N7O3/c1-3-20-22(36-7-6-32-14(2)12-36)24(40)38-25(34-23(35-38)15-4-8-41-9-5-15)37(20)13-21(39)33-19-11-18(28)16(10-17(19)27)26(29,30)31/h4,10-11,14,32H,3,5-9,12-13H2,1-2H3,(H,33,39)/t14-/m1/s1. The summed E-state index contributed by atoms with van der Waals surface area (Å²) >= 11 is 5.97. The Bertz CT molecular complexity index is 1580. The quantitative estimate of drug-likeness (QED) is 0.419. The van der Waals surface area contributed by atoms with E-state index in [1.165, 1.54) is 4.52 Å². The van der Waals surface area contributed by atoms with Crippen LogP contribution in [0.15, 0.2) is 23.0 Å². The highest BCUT2D eigenvalue weighted by atomic mass is 35.5. The van der Waals surface area contributed by atoms with E-state index < -0.39 is 28.5 Å². The first kappa shape index (κ1) is 29.0. The summed E-state index contributed by atoms with van der Waals surface area (Å²) in [7, 11) is 0. The van der Waals surface area contributed by atoms with Gasteiger partial charge in [-0.05, 0) is 37.5 Å². The highest BCUT2D eigenvalue weighted by Crippen LogP contribution is 2.36. The van der Waals surface area contributed by atoms with Crippen molar-refractivity contribution in [1.29, 1.82) is 0 Å². The zero-order valence-corrected chi connectivity index (χ0v) is 23.1. The predicted molar refractivity (Wildman–Crippen MR) is 145 cm³/mol. The molecular formula is C26H28ClF4N7O3. The zero-order valence-electron chi connectivity index (χ0n) is 22.3. The summed E-state index contributed by atoms with van der Waals surface area (Å²) in [5, 5.41) is 9.76. The number of ether oxygens (including phenoxy) is 1. The minimum atomic E-state index is -4.95. The van der Waals surface area contributed by atoms with E-state index in [-0.39, 0.29) is 29.6 Å². The van der Waals surface area contributed by atoms with Gasteiger partial charge >= 0.3 is 6.18 Å². The number of carbonyl (C=O) groups is 1. The van der Waals surface area contributed by atoms with Crippen molar-refractivity contribution in [2.75, 3.05) is 43.1 Å². The van der Waals surface area contributed by atoms with Crippen molar-refractivity contribution in [3.8, 4) is 0 Å². The van der Waals surface area contributed by atoms with Gasteiger partial charge in [0.1, 0.15) is 18.0 Å². The molecule has 4 heterocycles. The summed E-state index contributed by atoms with van der Waals surface area (Å²) < 4.78 is 61.6. The molecule has 1 fully saturated rings. The topological polar surface area (TPSA) is 106 Å².